The predicted molar refractivity (Wildman–Crippen MR) is 79.0 cm³/mol. The highest BCUT2D eigenvalue weighted by atomic mass is 16.6. The molecular formula is C18H10O. The summed E-state index contributed by atoms with van der Waals surface area (Å²) in [5.74, 6) is 2.08. The highest BCUT2D eigenvalue weighted by Crippen LogP contribution is 2.53. The number of rotatable bonds is 0. The molecule has 0 bridgehead atoms. The summed E-state index contributed by atoms with van der Waals surface area (Å²) in [4.78, 5) is 0. The van der Waals surface area contributed by atoms with Gasteiger partial charge in [-0.05, 0) is 39.1 Å². The van der Waals surface area contributed by atoms with Crippen molar-refractivity contribution in [2.24, 2.45) is 0 Å². The summed E-state index contributed by atoms with van der Waals surface area (Å²) in [6.07, 6.45) is 0. The predicted octanol–water partition coefficient (Wildman–Crippen LogP) is 5.25. The Bertz CT molecular complexity index is 948. The van der Waals surface area contributed by atoms with Crippen LogP contribution in [0.4, 0.5) is 0 Å². The molecule has 0 spiro atoms. The van der Waals surface area contributed by atoms with Gasteiger partial charge in [-0.15, -0.1) is 0 Å². The maximum atomic E-state index is 5.61. The summed E-state index contributed by atoms with van der Waals surface area (Å²) in [5.41, 5.74) is 0. The average Bonchev–Trinajstić information content (AvgIpc) is 3.26. The smallest absolute Gasteiger partial charge is 0.178 e. The molecule has 0 aromatic heterocycles. The lowest BCUT2D eigenvalue weighted by molar-refractivity contribution is 0.653. The molecule has 1 nitrogen and oxygen atoms in total. The van der Waals surface area contributed by atoms with Crippen molar-refractivity contribution in [1.29, 1.82) is 0 Å². The van der Waals surface area contributed by atoms with Crippen molar-refractivity contribution < 1.29 is 4.74 Å². The van der Waals surface area contributed by atoms with Crippen LogP contribution in [0, 0.1) is 0 Å². The maximum absolute atomic E-state index is 5.61. The molecule has 1 aliphatic heterocycles. The van der Waals surface area contributed by atoms with Crippen LogP contribution in [-0.4, -0.2) is 0 Å². The van der Waals surface area contributed by atoms with E-state index in [4.69, 9.17) is 4.74 Å². The number of hydrogen-bond acceptors (Lipinski definition) is 1. The molecule has 4 aromatic carbocycles. The second-order valence-electron chi connectivity index (χ2n) is 5.01. The van der Waals surface area contributed by atoms with Gasteiger partial charge in [0, 0.05) is 5.39 Å². The van der Waals surface area contributed by atoms with Crippen LogP contribution in [0.5, 0.6) is 11.5 Å². The van der Waals surface area contributed by atoms with E-state index < -0.39 is 0 Å². The van der Waals surface area contributed by atoms with Crippen molar-refractivity contribution in [3.63, 3.8) is 0 Å². The van der Waals surface area contributed by atoms with Gasteiger partial charge in [0.15, 0.2) is 11.5 Å². The first kappa shape index (κ1) is 9.40. The molecule has 88 valence electrons. The lowest BCUT2D eigenvalue weighted by atomic mass is 9.94. The minimum atomic E-state index is 1.02. The molecule has 4 aromatic rings. The Labute approximate surface area is 110 Å². The highest BCUT2D eigenvalue weighted by molar-refractivity contribution is 6.27. The normalized spacial score (nSPS) is 12.6. The van der Waals surface area contributed by atoms with Crippen molar-refractivity contribution in [1.82, 2.24) is 0 Å². The third kappa shape index (κ3) is 1.10. The summed E-state index contributed by atoms with van der Waals surface area (Å²) in [7, 11) is 0. The van der Waals surface area contributed by atoms with Crippen molar-refractivity contribution in [3.8, 4) is 11.5 Å². The monoisotopic (exact) mass is 242 g/mol. The van der Waals surface area contributed by atoms with E-state index in [1.165, 1.54) is 32.3 Å². The molecule has 0 saturated carbocycles. The van der Waals surface area contributed by atoms with E-state index in [1.807, 2.05) is 0 Å². The van der Waals surface area contributed by atoms with Crippen LogP contribution in [0.2, 0.25) is 0 Å². The Morgan fingerprint density at radius 3 is 1.74 bits per heavy atom. The molecule has 0 unspecified atom stereocenters. The van der Waals surface area contributed by atoms with Gasteiger partial charge in [0.05, 0.1) is 0 Å². The SMILES string of the molecule is c1ccc2c(c1)c1ccccc1c1c3c(ccc21)O3. The van der Waals surface area contributed by atoms with E-state index in [0.29, 0.717) is 0 Å². The average molecular weight is 242 g/mol. The molecule has 1 heterocycles. The molecule has 5 rings (SSSR count). The Morgan fingerprint density at radius 2 is 1.05 bits per heavy atom. The minimum Gasteiger partial charge on any atom is -0.449 e. The minimum absolute atomic E-state index is 1.02. The molecule has 0 amide bonds. The Kier molecular flexibility index (Phi) is 1.52. The lowest BCUT2D eigenvalue weighted by Gasteiger charge is -2.08. The zero-order valence-corrected chi connectivity index (χ0v) is 10.2. The number of ether oxygens (including phenoxy) is 1. The fourth-order valence-corrected chi connectivity index (χ4v) is 3.11. The first-order valence-corrected chi connectivity index (χ1v) is 6.47. The molecule has 0 aliphatic carbocycles. The summed E-state index contributed by atoms with van der Waals surface area (Å²) in [5, 5.41) is 7.73. The molecule has 0 saturated heterocycles. The van der Waals surface area contributed by atoms with Crippen LogP contribution in [0.15, 0.2) is 60.7 Å². The van der Waals surface area contributed by atoms with Crippen LogP contribution in [0.25, 0.3) is 32.3 Å². The molecule has 1 heteroatoms. The molecule has 19 heavy (non-hydrogen) atoms. The maximum Gasteiger partial charge on any atom is 0.178 e. The quantitative estimate of drug-likeness (QED) is 0.267. The van der Waals surface area contributed by atoms with Crippen LogP contribution in [0.3, 0.4) is 0 Å². The molecular weight excluding hydrogens is 232 g/mol. The van der Waals surface area contributed by atoms with Gasteiger partial charge in [-0.2, -0.15) is 0 Å². The van der Waals surface area contributed by atoms with Gasteiger partial charge in [-0.1, -0.05) is 48.5 Å². The molecule has 0 fully saturated rings. The summed E-state index contributed by atoms with van der Waals surface area (Å²) >= 11 is 0. The second kappa shape index (κ2) is 3.07. The summed E-state index contributed by atoms with van der Waals surface area (Å²) < 4.78 is 5.61. The first-order chi connectivity index (χ1) is 9.43. The standard InChI is InChI=1S/C18H10O/c1-2-7-13-11(5-1)12-6-3-4-8-14(12)17-15(13)9-10-16-18(17)19-16/h1-10H. The van der Waals surface area contributed by atoms with Gasteiger partial charge in [-0.3, -0.25) is 0 Å². The molecule has 1 aliphatic rings. The van der Waals surface area contributed by atoms with E-state index in [-0.39, 0.29) is 0 Å². The van der Waals surface area contributed by atoms with Gasteiger partial charge in [0.25, 0.3) is 0 Å². The summed E-state index contributed by atoms with van der Waals surface area (Å²) in [6.45, 7) is 0. The van der Waals surface area contributed by atoms with Gasteiger partial charge >= 0.3 is 0 Å². The van der Waals surface area contributed by atoms with E-state index in [9.17, 15) is 0 Å². The molecule has 0 N–H and O–H groups in total. The summed E-state index contributed by atoms with van der Waals surface area (Å²) in [6, 6.07) is 21.4. The number of benzene rings is 4. The van der Waals surface area contributed by atoms with E-state index in [0.717, 1.165) is 11.5 Å². The van der Waals surface area contributed by atoms with Crippen LogP contribution < -0.4 is 4.74 Å². The second-order valence-corrected chi connectivity index (χ2v) is 5.01. The number of hydrogen-bond donors (Lipinski definition) is 0. The van der Waals surface area contributed by atoms with Crippen molar-refractivity contribution >= 4 is 32.3 Å². The van der Waals surface area contributed by atoms with E-state index in [2.05, 4.69) is 60.7 Å². The van der Waals surface area contributed by atoms with Gasteiger partial charge in [0.2, 0.25) is 0 Å². The van der Waals surface area contributed by atoms with Gasteiger partial charge < -0.3 is 4.74 Å². The fraction of sp³-hybridized carbons (Fsp3) is 0. The van der Waals surface area contributed by atoms with Crippen molar-refractivity contribution in [2.75, 3.05) is 0 Å². The Balaban J connectivity index is 2.24. The molecule has 0 radical (unpaired) electrons. The van der Waals surface area contributed by atoms with Crippen LogP contribution in [-0.2, 0) is 0 Å². The van der Waals surface area contributed by atoms with E-state index in [1.54, 1.807) is 0 Å². The van der Waals surface area contributed by atoms with E-state index >= 15 is 0 Å². The lowest BCUT2D eigenvalue weighted by Crippen LogP contribution is -1.80. The van der Waals surface area contributed by atoms with Crippen LogP contribution in [0.1, 0.15) is 0 Å². The Hall–Kier alpha value is -2.54. The third-order valence-electron chi connectivity index (χ3n) is 4.00. The zero-order chi connectivity index (χ0) is 12.4. The van der Waals surface area contributed by atoms with Crippen molar-refractivity contribution in [2.45, 2.75) is 0 Å². The molecule has 0 atom stereocenters. The van der Waals surface area contributed by atoms with Crippen molar-refractivity contribution in [3.05, 3.63) is 60.7 Å². The van der Waals surface area contributed by atoms with Gasteiger partial charge in [0.1, 0.15) is 0 Å². The fourth-order valence-electron chi connectivity index (χ4n) is 3.11. The number of fused-ring (bicyclic) bond motifs is 8. The first-order valence-electron chi connectivity index (χ1n) is 6.47. The van der Waals surface area contributed by atoms with Gasteiger partial charge in [-0.25, -0.2) is 0 Å². The highest BCUT2D eigenvalue weighted by Gasteiger charge is 2.25. The topological polar surface area (TPSA) is 12.5 Å². The Morgan fingerprint density at radius 1 is 0.526 bits per heavy atom. The zero-order valence-electron chi connectivity index (χ0n) is 10.2. The third-order valence-corrected chi connectivity index (χ3v) is 4.00. The van der Waals surface area contributed by atoms with Crippen LogP contribution >= 0.6 is 0 Å². The largest absolute Gasteiger partial charge is 0.449 e.